The zero-order valence-electron chi connectivity index (χ0n) is 11.4. The van der Waals surface area contributed by atoms with Gasteiger partial charge in [0, 0.05) is 18.3 Å². The molecule has 20 heavy (non-hydrogen) atoms. The van der Waals surface area contributed by atoms with Gasteiger partial charge in [-0.05, 0) is 53.2 Å². The summed E-state index contributed by atoms with van der Waals surface area (Å²) in [4.78, 5) is 4.26. The highest BCUT2D eigenvalue weighted by atomic mass is 79.9. The number of hydrogen-bond donors (Lipinski definition) is 1. The number of halogens is 2. The van der Waals surface area contributed by atoms with Gasteiger partial charge in [-0.1, -0.05) is 13.0 Å². The first-order valence-corrected chi connectivity index (χ1v) is 7.21. The molecule has 0 aliphatic carbocycles. The molecule has 0 aliphatic rings. The monoisotopic (exact) mass is 338 g/mol. The fourth-order valence-electron chi connectivity index (χ4n) is 1.80. The fraction of sp³-hybridized carbons (Fsp3) is 0.267. The summed E-state index contributed by atoms with van der Waals surface area (Å²) in [5.74, 6) is 0.697. The van der Waals surface area contributed by atoms with E-state index < -0.39 is 0 Å². The number of aromatic nitrogens is 1. The molecule has 0 radical (unpaired) electrons. The van der Waals surface area contributed by atoms with Gasteiger partial charge in [0.1, 0.15) is 11.6 Å². The highest BCUT2D eigenvalue weighted by Crippen LogP contribution is 2.29. The molecule has 1 atom stereocenters. The van der Waals surface area contributed by atoms with Crippen molar-refractivity contribution in [2.75, 3.05) is 6.54 Å². The lowest BCUT2D eigenvalue weighted by Gasteiger charge is -2.13. The lowest BCUT2D eigenvalue weighted by atomic mass is 10.1. The van der Waals surface area contributed by atoms with E-state index in [1.54, 1.807) is 18.3 Å². The van der Waals surface area contributed by atoms with Crippen LogP contribution in [0.15, 0.2) is 41.0 Å². The number of nitrogens with one attached hydrogen (secondary N) is 1. The van der Waals surface area contributed by atoms with Crippen LogP contribution in [0.3, 0.4) is 0 Å². The predicted octanol–water partition coefficient (Wildman–Crippen LogP) is 4.45. The van der Waals surface area contributed by atoms with Crippen LogP contribution >= 0.6 is 15.9 Å². The predicted molar refractivity (Wildman–Crippen MR) is 80.5 cm³/mol. The van der Waals surface area contributed by atoms with E-state index in [0.29, 0.717) is 16.1 Å². The van der Waals surface area contributed by atoms with E-state index in [9.17, 15) is 4.39 Å². The normalized spacial score (nSPS) is 12.2. The Morgan fingerprint density at radius 3 is 2.75 bits per heavy atom. The molecule has 5 heteroatoms. The van der Waals surface area contributed by atoms with Crippen LogP contribution in [-0.2, 0) is 0 Å². The zero-order valence-corrected chi connectivity index (χ0v) is 12.9. The Labute approximate surface area is 126 Å². The minimum Gasteiger partial charge on any atom is -0.438 e. The summed E-state index contributed by atoms with van der Waals surface area (Å²) in [7, 11) is 0. The highest BCUT2D eigenvalue weighted by Gasteiger charge is 2.07. The average molecular weight is 339 g/mol. The van der Waals surface area contributed by atoms with E-state index in [-0.39, 0.29) is 11.9 Å². The van der Waals surface area contributed by atoms with Gasteiger partial charge >= 0.3 is 0 Å². The minimum absolute atomic E-state index is 0.249. The van der Waals surface area contributed by atoms with Crippen LogP contribution in [0.4, 0.5) is 4.39 Å². The first kappa shape index (κ1) is 14.9. The van der Waals surface area contributed by atoms with Crippen LogP contribution < -0.4 is 10.1 Å². The lowest BCUT2D eigenvalue weighted by Crippen LogP contribution is -2.17. The van der Waals surface area contributed by atoms with Crippen LogP contribution in [0, 0.1) is 5.82 Å². The van der Waals surface area contributed by atoms with Crippen molar-refractivity contribution in [3.05, 3.63) is 52.4 Å². The Balaban J connectivity index is 2.10. The number of rotatable bonds is 5. The van der Waals surface area contributed by atoms with Crippen LogP contribution in [0.25, 0.3) is 0 Å². The van der Waals surface area contributed by atoms with E-state index in [2.05, 4.69) is 40.1 Å². The van der Waals surface area contributed by atoms with Gasteiger partial charge in [0.2, 0.25) is 5.88 Å². The molecular weight excluding hydrogens is 323 g/mol. The molecule has 1 heterocycles. The largest absolute Gasteiger partial charge is 0.438 e. The third kappa shape index (κ3) is 3.77. The number of ether oxygens (including phenoxy) is 1. The van der Waals surface area contributed by atoms with E-state index in [1.165, 1.54) is 12.1 Å². The van der Waals surface area contributed by atoms with Gasteiger partial charge in [-0.15, -0.1) is 0 Å². The third-order valence-electron chi connectivity index (χ3n) is 2.88. The molecule has 106 valence electrons. The van der Waals surface area contributed by atoms with Crippen molar-refractivity contribution in [3.63, 3.8) is 0 Å². The Morgan fingerprint density at radius 2 is 2.15 bits per heavy atom. The van der Waals surface area contributed by atoms with Crippen molar-refractivity contribution in [1.29, 1.82) is 0 Å². The van der Waals surface area contributed by atoms with Crippen molar-refractivity contribution in [3.8, 4) is 11.6 Å². The van der Waals surface area contributed by atoms with Crippen LogP contribution in [0.2, 0.25) is 0 Å². The summed E-state index contributed by atoms with van der Waals surface area (Å²) < 4.78 is 19.2. The van der Waals surface area contributed by atoms with Gasteiger partial charge in [0.05, 0.1) is 4.47 Å². The molecule has 0 saturated heterocycles. The summed E-state index contributed by atoms with van der Waals surface area (Å²) in [5.41, 5.74) is 1.09. The van der Waals surface area contributed by atoms with Crippen molar-refractivity contribution < 1.29 is 9.13 Å². The summed E-state index contributed by atoms with van der Waals surface area (Å²) in [6.07, 6.45) is 1.78. The molecule has 0 spiro atoms. The first-order valence-electron chi connectivity index (χ1n) is 6.42. The molecule has 0 aliphatic heterocycles. The maximum Gasteiger partial charge on any atom is 0.219 e. The fourth-order valence-corrected chi connectivity index (χ4v) is 2.23. The first-order chi connectivity index (χ1) is 9.60. The molecule has 0 amide bonds. The van der Waals surface area contributed by atoms with E-state index >= 15 is 0 Å². The van der Waals surface area contributed by atoms with Crippen molar-refractivity contribution >= 4 is 15.9 Å². The van der Waals surface area contributed by atoms with Crippen molar-refractivity contribution in [1.82, 2.24) is 10.3 Å². The van der Waals surface area contributed by atoms with Gasteiger partial charge in [0.15, 0.2) is 0 Å². The van der Waals surface area contributed by atoms with E-state index in [1.807, 2.05) is 6.07 Å². The Morgan fingerprint density at radius 1 is 1.35 bits per heavy atom. The molecule has 0 bridgehead atoms. The number of benzene rings is 1. The highest BCUT2D eigenvalue weighted by molar-refractivity contribution is 9.10. The Bertz CT molecular complexity index is 575. The SMILES string of the molecule is CCNC(C)c1ccc(Oc2ccc(F)cc2Br)nc1. The second kappa shape index (κ2) is 6.81. The molecule has 1 N–H and O–H groups in total. The van der Waals surface area contributed by atoms with Gasteiger partial charge in [0.25, 0.3) is 0 Å². The topological polar surface area (TPSA) is 34.1 Å². The summed E-state index contributed by atoms with van der Waals surface area (Å²) in [6, 6.07) is 8.29. The average Bonchev–Trinajstić information content (AvgIpc) is 2.43. The van der Waals surface area contributed by atoms with Crippen LogP contribution in [0.1, 0.15) is 25.5 Å². The van der Waals surface area contributed by atoms with E-state index in [4.69, 9.17) is 4.74 Å². The number of nitrogens with zero attached hydrogens (tertiary/aromatic N) is 1. The van der Waals surface area contributed by atoms with Gasteiger partial charge < -0.3 is 10.1 Å². The summed E-state index contributed by atoms with van der Waals surface area (Å²) >= 11 is 3.26. The Kier molecular flexibility index (Phi) is 5.09. The molecule has 0 saturated carbocycles. The third-order valence-corrected chi connectivity index (χ3v) is 3.50. The molecule has 3 nitrogen and oxygen atoms in total. The van der Waals surface area contributed by atoms with Gasteiger partial charge in [-0.2, -0.15) is 0 Å². The maximum atomic E-state index is 13.0. The molecule has 1 unspecified atom stereocenters. The smallest absolute Gasteiger partial charge is 0.219 e. The van der Waals surface area contributed by atoms with Crippen molar-refractivity contribution in [2.24, 2.45) is 0 Å². The molecule has 1 aromatic carbocycles. The molecule has 2 aromatic rings. The Hall–Kier alpha value is -1.46. The molecule has 0 fully saturated rings. The quantitative estimate of drug-likeness (QED) is 0.874. The standard InChI is InChI=1S/C15H16BrFN2O/c1-3-18-10(2)11-4-7-15(19-9-11)20-14-6-5-12(17)8-13(14)16/h4-10,18H,3H2,1-2H3. The summed E-state index contributed by atoms with van der Waals surface area (Å²) in [6.45, 7) is 5.05. The van der Waals surface area contributed by atoms with Crippen molar-refractivity contribution in [2.45, 2.75) is 19.9 Å². The number of pyridine rings is 1. The van der Waals surface area contributed by atoms with Gasteiger partial charge in [-0.3, -0.25) is 0 Å². The lowest BCUT2D eigenvalue weighted by molar-refractivity contribution is 0.457. The summed E-state index contributed by atoms with van der Waals surface area (Å²) in [5, 5.41) is 3.32. The molecule has 1 aromatic heterocycles. The molecular formula is C15H16BrFN2O. The zero-order chi connectivity index (χ0) is 14.5. The van der Waals surface area contributed by atoms with Gasteiger partial charge in [-0.25, -0.2) is 9.37 Å². The second-order valence-electron chi connectivity index (χ2n) is 4.39. The van der Waals surface area contributed by atoms with Crippen LogP contribution in [0.5, 0.6) is 11.6 Å². The number of hydrogen-bond acceptors (Lipinski definition) is 3. The van der Waals surface area contributed by atoms with E-state index in [0.717, 1.165) is 12.1 Å². The minimum atomic E-state index is -0.313. The van der Waals surface area contributed by atoms with Crippen LogP contribution in [-0.4, -0.2) is 11.5 Å². The maximum absolute atomic E-state index is 13.0. The second-order valence-corrected chi connectivity index (χ2v) is 5.24. The molecule has 2 rings (SSSR count).